The van der Waals surface area contributed by atoms with E-state index in [4.69, 9.17) is 42.8 Å². The van der Waals surface area contributed by atoms with E-state index in [0.29, 0.717) is 62.2 Å². The number of anilines is 1. The van der Waals surface area contributed by atoms with Crippen LogP contribution in [0, 0.1) is 0 Å². The van der Waals surface area contributed by atoms with Crippen LogP contribution in [0.4, 0.5) is 5.95 Å². The van der Waals surface area contributed by atoms with Gasteiger partial charge in [0.25, 0.3) is 0 Å². The molecule has 3 aromatic heterocycles. The monoisotopic (exact) mass is 555 g/mol. The number of aryl methyl sites for hydroxylation is 1. The molecular weight excluding hydrogens is 529 g/mol. The fourth-order valence-electron chi connectivity index (χ4n) is 4.73. The lowest BCUT2D eigenvalue weighted by Gasteiger charge is -2.40. The Labute approximate surface area is 229 Å². The van der Waals surface area contributed by atoms with Crippen molar-refractivity contribution in [3.8, 4) is 22.6 Å². The highest BCUT2D eigenvalue weighted by molar-refractivity contribution is 6.41. The van der Waals surface area contributed by atoms with Crippen LogP contribution in [-0.2, 0) is 11.2 Å². The molecule has 1 saturated heterocycles. The Hall–Kier alpha value is -3.63. The summed E-state index contributed by atoms with van der Waals surface area (Å²) in [6, 6.07) is 3.76. The summed E-state index contributed by atoms with van der Waals surface area (Å²) in [7, 11) is 4.81. The zero-order valence-corrected chi connectivity index (χ0v) is 22.8. The third kappa shape index (κ3) is 4.48. The molecule has 12 heteroatoms. The van der Waals surface area contributed by atoms with Crippen LogP contribution in [0.15, 0.2) is 31.0 Å². The summed E-state index contributed by atoms with van der Waals surface area (Å²) in [6.45, 7) is 4.37. The maximum Gasteiger partial charge on any atom is 0.246 e. The molecule has 38 heavy (non-hydrogen) atoms. The summed E-state index contributed by atoms with van der Waals surface area (Å²) < 4.78 is 12.7. The molecule has 1 aliphatic rings. The Morgan fingerprint density at radius 1 is 1.18 bits per heavy atom. The van der Waals surface area contributed by atoms with Crippen LogP contribution >= 0.6 is 23.2 Å². The minimum Gasteiger partial charge on any atom is -0.495 e. The van der Waals surface area contributed by atoms with Crippen LogP contribution in [0.5, 0.6) is 11.5 Å². The van der Waals surface area contributed by atoms with Crippen LogP contribution in [0.2, 0.25) is 10.0 Å². The Bertz CT molecular complexity index is 1530. The number of amides is 1. The molecular formula is C26H27Cl2N7O3. The smallest absolute Gasteiger partial charge is 0.246 e. The second-order valence-electron chi connectivity index (χ2n) is 8.90. The first-order valence-electron chi connectivity index (χ1n) is 12.2. The maximum atomic E-state index is 12.0. The van der Waals surface area contributed by atoms with E-state index in [1.54, 1.807) is 23.8 Å². The molecule has 4 heterocycles. The number of hydrogen-bond donors (Lipinski definition) is 1. The largest absolute Gasteiger partial charge is 0.495 e. The second-order valence-corrected chi connectivity index (χ2v) is 9.65. The van der Waals surface area contributed by atoms with Crippen molar-refractivity contribution in [1.82, 2.24) is 29.5 Å². The van der Waals surface area contributed by atoms with E-state index in [2.05, 4.69) is 21.9 Å². The first-order valence-corrected chi connectivity index (χ1v) is 12.9. The van der Waals surface area contributed by atoms with Gasteiger partial charge in [0.1, 0.15) is 11.5 Å². The number of carbonyl (C=O) groups excluding carboxylic acids is 1. The predicted octanol–water partition coefficient (Wildman–Crippen LogP) is 4.81. The van der Waals surface area contributed by atoms with Crippen molar-refractivity contribution < 1.29 is 14.3 Å². The van der Waals surface area contributed by atoms with E-state index in [-0.39, 0.29) is 11.9 Å². The summed E-state index contributed by atoms with van der Waals surface area (Å²) in [5.74, 6) is 1.92. The summed E-state index contributed by atoms with van der Waals surface area (Å²) >= 11 is 13.5. The van der Waals surface area contributed by atoms with Gasteiger partial charge in [0.15, 0.2) is 17.1 Å². The van der Waals surface area contributed by atoms with Gasteiger partial charge in [-0.25, -0.2) is 9.97 Å². The lowest BCUT2D eigenvalue weighted by Crippen LogP contribution is -2.50. The van der Waals surface area contributed by atoms with Crippen LogP contribution in [-0.4, -0.2) is 69.2 Å². The molecule has 198 valence electrons. The molecule has 1 amide bonds. The third-order valence-electron chi connectivity index (χ3n) is 6.79. The van der Waals surface area contributed by atoms with Gasteiger partial charge in [0.2, 0.25) is 11.9 Å². The molecule has 0 aliphatic carbocycles. The number of likely N-dealkylation sites (tertiary alicyclic amines) is 1. The van der Waals surface area contributed by atoms with Gasteiger partial charge in [-0.2, -0.15) is 9.50 Å². The van der Waals surface area contributed by atoms with E-state index >= 15 is 0 Å². The first-order chi connectivity index (χ1) is 18.4. The van der Waals surface area contributed by atoms with Crippen LogP contribution in [0.3, 0.4) is 0 Å². The molecule has 1 fully saturated rings. The van der Waals surface area contributed by atoms with E-state index in [0.717, 1.165) is 31.2 Å². The van der Waals surface area contributed by atoms with Gasteiger partial charge >= 0.3 is 0 Å². The van der Waals surface area contributed by atoms with Crippen molar-refractivity contribution in [2.45, 2.75) is 31.7 Å². The van der Waals surface area contributed by atoms with Crippen molar-refractivity contribution in [2.75, 3.05) is 33.1 Å². The Morgan fingerprint density at radius 3 is 2.53 bits per heavy atom. The summed E-state index contributed by atoms with van der Waals surface area (Å²) in [4.78, 5) is 27.7. The molecule has 1 aliphatic heterocycles. The number of benzene rings is 1. The van der Waals surface area contributed by atoms with Gasteiger partial charge in [0.05, 0.1) is 24.3 Å². The number of methoxy groups -OCH3 is 2. The molecule has 1 atom stereocenters. The zero-order valence-electron chi connectivity index (χ0n) is 21.3. The first kappa shape index (κ1) is 26.0. The number of nitrogens with one attached hydrogen (secondary N) is 1. The van der Waals surface area contributed by atoms with Crippen molar-refractivity contribution in [3.05, 3.63) is 46.9 Å². The molecule has 0 saturated carbocycles. The van der Waals surface area contributed by atoms with Crippen LogP contribution in [0.25, 0.3) is 27.8 Å². The van der Waals surface area contributed by atoms with Gasteiger partial charge in [0, 0.05) is 54.8 Å². The maximum absolute atomic E-state index is 12.0. The van der Waals surface area contributed by atoms with Crippen molar-refractivity contribution in [2.24, 2.45) is 0 Å². The highest BCUT2D eigenvalue weighted by atomic mass is 35.5. The normalized spacial score (nSPS) is 15.0. The van der Waals surface area contributed by atoms with Crippen molar-refractivity contribution in [1.29, 1.82) is 0 Å². The Morgan fingerprint density at radius 2 is 1.92 bits per heavy atom. The van der Waals surface area contributed by atoms with E-state index in [1.807, 2.05) is 11.0 Å². The van der Waals surface area contributed by atoms with E-state index < -0.39 is 0 Å². The van der Waals surface area contributed by atoms with Crippen molar-refractivity contribution >= 4 is 51.7 Å². The number of fused-ring (bicyclic) bond motifs is 3. The van der Waals surface area contributed by atoms with Crippen LogP contribution in [0.1, 0.15) is 25.1 Å². The van der Waals surface area contributed by atoms with Crippen LogP contribution < -0.4 is 14.8 Å². The SMILES string of the molecule is C=CC(=O)N1CCC1CCCc1nc2c(-c3c(Cl)c(OC)cc(OC)c3Cl)cc3cnc(NC)nc3n2n1. The summed E-state index contributed by atoms with van der Waals surface area (Å²) in [5.41, 5.74) is 2.29. The van der Waals surface area contributed by atoms with Crippen molar-refractivity contribution in [3.63, 3.8) is 0 Å². The van der Waals surface area contributed by atoms with Gasteiger partial charge < -0.3 is 19.7 Å². The molecule has 0 spiro atoms. The summed E-state index contributed by atoms with van der Waals surface area (Å²) in [6.07, 6.45) is 6.38. The lowest BCUT2D eigenvalue weighted by atomic mass is 9.97. The fourth-order valence-corrected chi connectivity index (χ4v) is 5.43. The lowest BCUT2D eigenvalue weighted by molar-refractivity contribution is -0.133. The minimum absolute atomic E-state index is 0.0225. The predicted molar refractivity (Wildman–Crippen MR) is 147 cm³/mol. The highest BCUT2D eigenvalue weighted by Crippen LogP contribution is 2.47. The molecule has 4 aromatic rings. The molecule has 10 nitrogen and oxygen atoms in total. The molecule has 5 rings (SSSR count). The van der Waals surface area contributed by atoms with Gasteiger partial charge in [-0.1, -0.05) is 29.8 Å². The number of aromatic nitrogens is 5. The topological polar surface area (TPSA) is 107 Å². The molecule has 0 radical (unpaired) electrons. The molecule has 1 unspecified atom stereocenters. The second kappa shape index (κ2) is 10.6. The van der Waals surface area contributed by atoms with Gasteiger partial charge in [-0.15, -0.1) is 5.10 Å². The Kier molecular flexibility index (Phi) is 7.27. The molecule has 0 bridgehead atoms. The number of carbonyl (C=O) groups is 1. The van der Waals surface area contributed by atoms with Gasteiger partial charge in [-0.3, -0.25) is 4.79 Å². The standard InChI is InChI=1S/C26H27Cl2N7O3/c1-5-20(36)34-10-9-15(34)7-6-8-19-31-25-16(21-22(27)17(37-3)12-18(38-4)23(21)28)11-14-13-30-26(29-2)32-24(14)35(25)33-19/h5,11-13,15H,1,6-10H2,2-4H3,(H,29,30,32). The number of halogens is 2. The van der Waals surface area contributed by atoms with E-state index in [1.165, 1.54) is 20.3 Å². The molecule has 1 N–H and O–H groups in total. The fraction of sp³-hybridized carbons (Fsp3) is 0.346. The minimum atomic E-state index is -0.0225. The average molecular weight is 556 g/mol. The highest BCUT2D eigenvalue weighted by Gasteiger charge is 2.30. The van der Waals surface area contributed by atoms with Gasteiger partial charge in [-0.05, 0) is 31.4 Å². The third-order valence-corrected chi connectivity index (χ3v) is 7.54. The number of nitrogens with zero attached hydrogens (tertiary/aromatic N) is 6. The summed E-state index contributed by atoms with van der Waals surface area (Å²) in [5, 5.41) is 9.15. The van der Waals surface area contributed by atoms with E-state index in [9.17, 15) is 4.79 Å². The number of ether oxygens (including phenoxy) is 2. The Balaban J connectivity index is 1.59. The zero-order chi connectivity index (χ0) is 27.0. The molecule has 1 aromatic carbocycles. The number of pyridine rings is 1. The quantitative estimate of drug-likeness (QED) is 0.293. The average Bonchev–Trinajstić information content (AvgIpc) is 3.35. The number of rotatable bonds is 9. The number of hydrogen-bond acceptors (Lipinski definition) is 8.